The van der Waals surface area contributed by atoms with E-state index in [1.807, 2.05) is 0 Å². The van der Waals surface area contributed by atoms with E-state index in [1.54, 1.807) is 12.4 Å². The molecule has 0 aliphatic rings. The maximum Gasteiger partial charge on any atom is 0.222 e. The number of anilines is 1. The van der Waals surface area contributed by atoms with Crippen LogP contribution in [0.4, 0.5) is 5.95 Å². The average molecular weight is 307 g/mol. The number of hydrogen-bond acceptors (Lipinski definition) is 4. The van der Waals surface area contributed by atoms with E-state index in [-0.39, 0.29) is 0 Å². The molecule has 1 aromatic heterocycles. The summed E-state index contributed by atoms with van der Waals surface area (Å²) in [6.45, 7) is 1.40. The molecule has 0 fully saturated rings. The van der Waals surface area contributed by atoms with Crippen LogP contribution in [0.15, 0.2) is 41.1 Å². The minimum Gasteiger partial charge on any atom is -0.350 e. The second kappa shape index (κ2) is 6.47. The number of rotatable bonds is 5. The van der Waals surface area contributed by atoms with Gasteiger partial charge in [-0.15, -0.1) is 0 Å². The molecule has 0 unspecified atom stereocenters. The molecule has 3 N–H and O–H groups in total. The van der Waals surface area contributed by atoms with Gasteiger partial charge < -0.3 is 11.1 Å². The van der Waals surface area contributed by atoms with Gasteiger partial charge in [0.05, 0.1) is 4.47 Å². The molecule has 0 aliphatic heterocycles. The van der Waals surface area contributed by atoms with Gasteiger partial charge in [-0.25, -0.2) is 9.97 Å². The molecule has 94 valence electrons. The third-order valence-corrected chi connectivity index (χ3v) is 2.94. The van der Waals surface area contributed by atoms with Gasteiger partial charge in [0.1, 0.15) is 0 Å². The standard InChI is InChI=1S/C13H15BrN4/c14-12-8-17-13(18-9-12)16-7-11-3-1-10(2-4-11)5-6-15/h1-4,8-9H,5-7,15H2,(H,16,17,18). The zero-order chi connectivity index (χ0) is 12.8. The molecule has 0 amide bonds. The summed E-state index contributed by atoms with van der Waals surface area (Å²) in [6, 6.07) is 8.40. The first kappa shape index (κ1) is 13.0. The molecule has 18 heavy (non-hydrogen) atoms. The molecule has 0 aliphatic carbocycles. The SMILES string of the molecule is NCCc1ccc(CNc2ncc(Br)cn2)cc1. The first-order chi connectivity index (χ1) is 8.78. The number of benzene rings is 1. The number of nitrogens with zero attached hydrogens (tertiary/aromatic N) is 2. The lowest BCUT2D eigenvalue weighted by Gasteiger charge is -2.05. The van der Waals surface area contributed by atoms with Crippen LogP contribution in [0.5, 0.6) is 0 Å². The molecule has 0 saturated heterocycles. The average Bonchev–Trinajstić information content (AvgIpc) is 2.40. The van der Waals surface area contributed by atoms with Crippen LogP contribution >= 0.6 is 15.9 Å². The van der Waals surface area contributed by atoms with E-state index in [9.17, 15) is 0 Å². The van der Waals surface area contributed by atoms with Crippen molar-refractivity contribution >= 4 is 21.9 Å². The first-order valence-corrected chi connectivity index (χ1v) is 6.56. The topological polar surface area (TPSA) is 63.8 Å². The molecule has 2 rings (SSSR count). The minimum atomic E-state index is 0.629. The number of nitrogens with one attached hydrogen (secondary N) is 1. The van der Waals surface area contributed by atoms with Gasteiger partial charge in [-0.05, 0) is 40.0 Å². The summed E-state index contributed by atoms with van der Waals surface area (Å²) >= 11 is 3.30. The van der Waals surface area contributed by atoms with Gasteiger partial charge in [0, 0.05) is 18.9 Å². The van der Waals surface area contributed by atoms with Crippen LogP contribution in [0.2, 0.25) is 0 Å². The van der Waals surface area contributed by atoms with Crippen molar-refractivity contribution in [3.05, 3.63) is 52.3 Å². The van der Waals surface area contributed by atoms with E-state index in [1.165, 1.54) is 11.1 Å². The molecule has 2 aromatic rings. The summed E-state index contributed by atoms with van der Waals surface area (Å²) in [6.07, 6.45) is 4.36. The molecule has 4 nitrogen and oxygen atoms in total. The van der Waals surface area contributed by atoms with Crippen LogP contribution in [-0.2, 0) is 13.0 Å². The van der Waals surface area contributed by atoms with Gasteiger partial charge >= 0.3 is 0 Å². The van der Waals surface area contributed by atoms with E-state index in [4.69, 9.17) is 5.73 Å². The summed E-state index contributed by atoms with van der Waals surface area (Å²) in [5, 5.41) is 3.17. The molecule has 0 bridgehead atoms. The highest BCUT2D eigenvalue weighted by Gasteiger charge is 1.97. The van der Waals surface area contributed by atoms with E-state index >= 15 is 0 Å². The molecule has 1 heterocycles. The Hall–Kier alpha value is -1.46. The largest absolute Gasteiger partial charge is 0.350 e. The van der Waals surface area contributed by atoms with Crippen molar-refractivity contribution in [3.63, 3.8) is 0 Å². The number of hydrogen-bond donors (Lipinski definition) is 2. The third-order valence-electron chi connectivity index (χ3n) is 2.53. The lowest BCUT2D eigenvalue weighted by atomic mass is 10.1. The maximum atomic E-state index is 5.51. The van der Waals surface area contributed by atoms with Crippen LogP contribution in [0.3, 0.4) is 0 Å². The van der Waals surface area contributed by atoms with Crippen LogP contribution < -0.4 is 11.1 Å². The van der Waals surface area contributed by atoms with Crippen LogP contribution in [-0.4, -0.2) is 16.5 Å². The van der Waals surface area contributed by atoms with Gasteiger partial charge in [-0.3, -0.25) is 0 Å². The lowest BCUT2D eigenvalue weighted by molar-refractivity contribution is 0.965. The highest BCUT2D eigenvalue weighted by molar-refractivity contribution is 9.10. The van der Waals surface area contributed by atoms with Crippen molar-refractivity contribution in [1.29, 1.82) is 0 Å². The Morgan fingerprint density at radius 3 is 2.28 bits per heavy atom. The molecule has 5 heteroatoms. The van der Waals surface area contributed by atoms with Crippen molar-refractivity contribution in [1.82, 2.24) is 9.97 Å². The van der Waals surface area contributed by atoms with Crippen LogP contribution in [0.1, 0.15) is 11.1 Å². The zero-order valence-corrected chi connectivity index (χ0v) is 11.5. The fourth-order valence-electron chi connectivity index (χ4n) is 1.58. The molecule has 0 atom stereocenters. The van der Waals surface area contributed by atoms with Crippen molar-refractivity contribution in [3.8, 4) is 0 Å². The molecule has 0 spiro atoms. The Bertz CT molecular complexity index is 481. The lowest BCUT2D eigenvalue weighted by Crippen LogP contribution is -2.04. The number of aromatic nitrogens is 2. The van der Waals surface area contributed by atoms with E-state index in [0.29, 0.717) is 19.0 Å². The van der Waals surface area contributed by atoms with E-state index in [0.717, 1.165) is 10.9 Å². The van der Waals surface area contributed by atoms with Crippen molar-refractivity contribution in [2.24, 2.45) is 5.73 Å². The smallest absolute Gasteiger partial charge is 0.222 e. The molecule has 1 aromatic carbocycles. The highest BCUT2D eigenvalue weighted by Crippen LogP contribution is 2.09. The van der Waals surface area contributed by atoms with Gasteiger partial charge in [0.2, 0.25) is 5.95 Å². The third kappa shape index (κ3) is 3.78. The van der Waals surface area contributed by atoms with E-state index in [2.05, 4.69) is 55.5 Å². The molecule has 0 radical (unpaired) electrons. The second-order valence-electron chi connectivity index (χ2n) is 3.93. The van der Waals surface area contributed by atoms with Crippen molar-refractivity contribution < 1.29 is 0 Å². The fourth-order valence-corrected chi connectivity index (χ4v) is 1.78. The predicted octanol–water partition coefficient (Wildman–Crippen LogP) is 2.35. The summed E-state index contributed by atoms with van der Waals surface area (Å²) in [5.74, 6) is 0.629. The summed E-state index contributed by atoms with van der Waals surface area (Å²) < 4.78 is 0.874. The fraction of sp³-hybridized carbons (Fsp3) is 0.231. The van der Waals surface area contributed by atoms with Crippen LogP contribution in [0, 0.1) is 0 Å². The zero-order valence-electron chi connectivity index (χ0n) is 9.94. The van der Waals surface area contributed by atoms with Gasteiger partial charge in [0.15, 0.2) is 0 Å². The highest BCUT2D eigenvalue weighted by atomic mass is 79.9. The van der Waals surface area contributed by atoms with Gasteiger partial charge in [0.25, 0.3) is 0 Å². The van der Waals surface area contributed by atoms with E-state index < -0.39 is 0 Å². The second-order valence-corrected chi connectivity index (χ2v) is 4.85. The summed E-state index contributed by atoms with van der Waals surface area (Å²) in [5.41, 5.74) is 7.97. The Labute approximate surface area is 115 Å². The van der Waals surface area contributed by atoms with Gasteiger partial charge in [-0.1, -0.05) is 24.3 Å². The summed E-state index contributed by atoms with van der Waals surface area (Å²) in [7, 11) is 0. The normalized spacial score (nSPS) is 10.3. The number of nitrogens with two attached hydrogens (primary N) is 1. The maximum absolute atomic E-state index is 5.51. The Kier molecular flexibility index (Phi) is 4.66. The van der Waals surface area contributed by atoms with Crippen LogP contribution in [0.25, 0.3) is 0 Å². The minimum absolute atomic E-state index is 0.629. The summed E-state index contributed by atoms with van der Waals surface area (Å²) in [4.78, 5) is 8.31. The van der Waals surface area contributed by atoms with Crippen molar-refractivity contribution in [2.75, 3.05) is 11.9 Å². The Morgan fingerprint density at radius 2 is 1.67 bits per heavy atom. The first-order valence-electron chi connectivity index (χ1n) is 5.77. The molecular formula is C13H15BrN4. The number of halogens is 1. The molecular weight excluding hydrogens is 292 g/mol. The quantitative estimate of drug-likeness (QED) is 0.890. The Balaban J connectivity index is 1.91. The van der Waals surface area contributed by atoms with Crippen molar-refractivity contribution in [2.45, 2.75) is 13.0 Å². The molecule has 0 saturated carbocycles. The van der Waals surface area contributed by atoms with Gasteiger partial charge in [-0.2, -0.15) is 0 Å². The monoisotopic (exact) mass is 306 g/mol. The predicted molar refractivity (Wildman–Crippen MR) is 76.3 cm³/mol. The Morgan fingerprint density at radius 1 is 1.06 bits per heavy atom.